The molecule has 0 saturated carbocycles. The molecular weight excluding hydrogens is 661 g/mol. The molecule has 1 aliphatic heterocycles. The fourth-order valence-electron chi connectivity index (χ4n) is 8.03. The number of para-hydroxylation sites is 2. The molecule has 4 heterocycles. The van der Waals surface area contributed by atoms with Gasteiger partial charge in [0.05, 0.1) is 22.1 Å². The molecule has 254 valence electrons. The first kappa shape index (κ1) is 30.3. The van der Waals surface area contributed by atoms with E-state index in [9.17, 15) is 0 Å². The second kappa shape index (κ2) is 12.1. The van der Waals surface area contributed by atoms with Crippen molar-refractivity contribution >= 4 is 65.8 Å². The number of allylic oxidation sites excluding steroid dienone is 2. The van der Waals surface area contributed by atoms with Gasteiger partial charge in [-0.25, -0.2) is 15.0 Å². The summed E-state index contributed by atoms with van der Waals surface area (Å²) in [7, 11) is 0. The number of aromatic nitrogens is 5. The van der Waals surface area contributed by atoms with Gasteiger partial charge in [-0.15, -0.1) is 0 Å². The fraction of sp³-hybridized carbons (Fsp3) is 0.0208. The van der Waals surface area contributed by atoms with Gasteiger partial charge in [-0.3, -0.25) is 4.57 Å². The third-order valence-electron chi connectivity index (χ3n) is 10.6. The predicted octanol–water partition coefficient (Wildman–Crippen LogP) is 11.0. The number of fused-ring (bicyclic) bond motifs is 7. The molecule has 6 heteroatoms. The van der Waals surface area contributed by atoms with Crippen LogP contribution in [0.4, 0.5) is 0 Å². The average molecular weight is 693 g/mol. The average Bonchev–Trinajstić information content (AvgIpc) is 3.75. The molecule has 1 aliphatic rings. The van der Waals surface area contributed by atoms with E-state index < -0.39 is 0 Å². The van der Waals surface area contributed by atoms with E-state index in [1.54, 1.807) is 0 Å². The van der Waals surface area contributed by atoms with Crippen LogP contribution in [0.1, 0.15) is 5.82 Å². The minimum Gasteiger partial charge on any atom is -0.367 e. The normalized spacial score (nSPS) is 13.1. The van der Waals surface area contributed by atoms with Crippen LogP contribution in [0.5, 0.6) is 0 Å². The van der Waals surface area contributed by atoms with Crippen molar-refractivity contribution in [1.29, 1.82) is 0 Å². The molecule has 0 radical (unpaired) electrons. The molecule has 6 nitrogen and oxygen atoms in total. The van der Waals surface area contributed by atoms with Gasteiger partial charge < -0.3 is 9.88 Å². The van der Waals surface area contributed by atoms with Crippen molar-refractivity contribution in [3.05, 3.63) is 182 Å². The van der Waals surface area contributed by atoms with Gasteiger partial charge in [0.1, 0.15) is 5.82 Å². The third-order valence-corrected chi connectivity index (χ3v) is 10.6. The molecule has 11 rings (SSSR count). The van der Waals surface area contributed by atoms with Gasteiger partial charge in [-0.05, 0) is 59.3 Å². The summed E-state index contributed by atoms with van der Waals surface area (Å²) in [6.45, 7) is 0.561. The molecule has 0 unspecified atom stereocenters. The lowest BCUT2D eigenvalue weighted by Gasteiger charge is -2.20. The van der Waals surface area contributed by atoms with E-state index >= 15 is 0 Å². The minimum absolute atomic E-state index is 0.561. The molecular formula is C48H32N6. The molecule has 1 N–H and O–H groups in total. The number of hydrogen-bond donors (Lipinski definition) is 1. The largest absolute Gasteiger partial charge is 0.367 e. The molecule has 0 amide bonds. The van der Waals surface area contributed by atoms with E-state index in [-0.39, 0.29) is 0 Å². The molecule has 0 fully saturated rings. The highest BCUT2D eigenvalue weighted by Gasteiger charge is 2.21. The number of rotatable bonds is 5. The first-order valence-electron chi connectivity index (χ1n) is 18.2. The Balaban J connectivity index is 1.10. The third kappa shape index (κ3) is 4.85. The topological polar surface area (TPSA) is 60.6 Å². The Labute approximate surface area is 311 Å². The van der Waals surface area contributed by atoms with E-state index in [4.69, 9.17) is 15.0 Å². The quantitative estimate of drug-likeness (QED) is 0.195. The SMILES string of the molecule is C1=C(c2nc(-c3ccccc3)nc(-c3ccccc3)n2)CNC(n2c3ccccc3c3cc4c5ccccc5n(-c5ccc6ccccc6c5)c4cc32)=C1. The fourth-order valence-corrected chi connectivity index (χ4v) is 8.03. The maximum absolute atomic E-state index is 4.98. The van der Waals surface area contributed by atoms with Gasteiger partial charge >= 0.3 is 0 Å². The smallest absolute Gasteiger partial charge is 0.164 e. The number of benzene rings is 7. The lowest BCUT2D eigenvalue weighted by Crippen LogP contribution is -2.23. The van der Waals surface area contributed by atoms with Gasteiger partial charge in [-0.1, -0.05) is 127 Å². The zero-order valence-corrected chi connectivity index (χ0v) is 29.2. The summed E-state index contributed by atoms with van der Waals surface area (Å²) in [5, 5.41) is 11.1. The van der Waals surface area contributed by atoms with Gasteiger partial charge in [0.25, 0.3) is 0 Å². The van der Waals surface area contributed by atoms with E-state index in [1.165, 1.54) is 43.4 Å². The van der Waals surface area contributed by atoms with Crippen LogP contribution in [0, 0.1) is 0 Å². The Hall–Kier alpha value is -7.31. The van der Waals surface area contributed by atoms with Crippen LogP contribution in [-0.2, 0) is 0 Å². The van der Waals surface area contributed by atoms with Gasteiger partial charge in [0.2, 0.25) is 0 Å². The van der Waals surface area contributed by atoms with Crippen molar-refractivity contribution in [2.24, 2.45) is 0 Å². The molecule has 54 heavy (non-hydrogen) atoms. The molecule has 10 aromatic rings. The highest BCUT2D eigenvalue weighted by atomic mass is 15.2. The standard InChI is InChI=1S/C48H32N6/c1-3-14-32(15-4-1)46-50-47(33-16-5-2-6-17-33)52-48(51-46)35-24-26-45(49-30-35)54-42-22-12-10-20-38(42)40-28-39-37-19-9-11-21-41(37)53(43(39)29-44(40)54)36-25-23-31-13-7-8-18-34(31)27-36/h1-29,49H,30H2. The molecule has 0 spiro atoms. The molecule has 3 aromatic heterocycles. The Bertz CT molecular complexity index is 3090. The van der Waals surface area contributed by atoms with Crippen LogP contribution in [0.2, 0.25) is 0 Å². The zero-order chi connectivity index (χ0) is 35.6. The monoisotopic (exact) mass is 692 g/mol. The van der Waals surface area contributed by atoms with Crippen LogP contribution in [0.15, 0.2) is 176 Å². The van der Waals surface area contributed by atoms with E-state index in [1.807, 2.05) is 60.7 Å². The summed E-state index contributed by atoms with van der Waals surface area (Å²) in [6, 6.07) is 57.7. The van der Waals surface area contributed by atoms with Gasteiger partial charge in [0.15, 0.2) is 17.5 Å². The van der Waals surface area contributed by atoms with Crippen LogP contribution in [0.25, 0.3) is 94.2 Å². The summed E-state index contributed by atoms with van der Waals surface area (Å²) in [5.74, 6) is 2.97. The zero-order valence-electron chi connectivity index (χ0n) is 29.2. The van der Waals surface area contributed by atoms with Crippen LogP contribution < -0.4 is 5.32 Å². The summed E-state index contributed by atoms with van der Waals surface area (Å²) >= 11 is 0. The van der Waals surface area contributed by atoms with E-state index in [0.29, 0.717) is 24.0 Å². The van der Waals surface area contributed by atoms with Crippen molar-refractivity contribution in [2.75, 3.05) is 6.54 Å². The lowest BCUT2D eigenvalue weighted by atomic mass is 10.1. The lowest BCUT2D eigenvalue weighted by molar-refractivity contribution is 0.914. The Morgan fingerprint density at radius 1 is 0.407 bits per heavy atom. The summed E-state index contributed by atoms with van der Waals surface area (Å²) in [5.41, 5.74) is 8.70. The number of nitrogens with one attached hydrogen (secondary N) is 1. The molecule has 0 saturated heterocycles. The summed E-state index contributed by atoms with van der Waals surface area (Å²) < 4.78 is 4.77. The van der Waals surface area contributed by atoms with Crippen molar-refractivity contribution < 1.29 is 0 Å². The molecule has 0 atom stereocenters. The maximum atomic E-state index is 4.98. The number of dihydropyridines is 1. The van der Waals surface area contributed by atoms with Gasteiger partial charge in [0, 0.05) is 50.5 Å². The Morgan fingerprint density at radius 2 is 0.963 bits per heavy atom. The molecule has 0 aliphatic carbocycles. The van der Waals surface area contributed by atoms with E-state index in [0.717, 1.165) is 39.2 Å². The van der Waals surface area contributed by atoms with Crippen molar-refractivity contribution in [2.45, 2.75) is 0 Å². The van der Waals surface area contributed by atoms with Crippen molar-refractivity contribution in [3.63, 3.8) is 0 Å². The number of hydrogen-bond acceptors (Lipinski definition) is 4. The second-order valence-electron chi connectivity index (χ2n) is 13.8. The van der Waals surface area contributed by atoms with Gasteiger partial charge in [-0.2, -0.15) is 0 Å². The van der Waals surface area contributed by atoms with Crippen LogP contribution in [0.3, 0.4) is 0 Å². The highest BCUT2D eigenvalue weighted by Crippen LogP contribution is 2.40. The maximum Gasteiger partial charge on any atom is 0.164 e. The number of nitrogens with zero attached hydrogens (tertiary/aromatic N) is 5. The summed E-state index contributed by atoms with van der Waals surface area (Å²) in [4.78, 5) is 14.9. The van der Waals surface area contributed by atoms with E-state index in [2.05, 4.69) is 130 Å². The Kier molecular flexibility index (Phi) is 6.82. The minimum atomic E-state index is 0.561. The highest BCUT2D eigenvalue weighted by molar-refractivity contribution is 6.19. The molecule has 7 aromatic carbocycles. The van der Waals surface area contributed by atoms with Crippen LogP contribution in [-0.4, -0.2) is 30.6 Å². The Morgan fingerprint density at radius 3 is 1.61 bits per heavy atom. The first-order chi connectivity index (χ1) is 26.8. The van der Waals surface area contributed by atoms with Crippen molar-refractivity contribution in [1.82, 2.24) is 29.4 Å². The molecule has 0 bridgehead atoms. The van der Waals surface area contributed by atoms with Crippen LogP contribution >= 0.6 is 0 Å². The first-order valence-corrected chi connectivity index (χ1v) is 18.2. The predicted molar refractivity (Wildman–Crippen MR) is 222 cm³/mol. The van der Waals surface area contributed by atoms with Crippen molar-refractivity contribution in [3.8, 4) is 28.5 Å². The second-order valence-corrected chi connectivity index (χ2v) is 13.8. The summed E-state index contributed by atoms with van der Waals surface area (Å²) in [6.07, 6.45) is 4.30.